The Morgan fingerprint density at radius 3 is 0.904 bits per heavy atom. The minimum Gasteiger partial charge on any atom is -0.192 e. The first-order valence-corrected chi connectivity index (χ1v) is 17.3. The van der Waals surface area contributed by atoms with Crippen molar-refractivity contribution in [3.63, 3.8) is 0 Å². The lowest BCUT2D eigenvalue weighted by Crippen LogP contribution is -1.88. The fourth-order valence-electron chi connectivity index (χ4n) is 6.77. The van der Waals surface area contributed by atoms with Crippen LogP contribution in [0.2, 0.25) is 0 Å². The van der Waals surface area contributed by atoms with Crippen LogP contribution in [-0.4, -0.2) is 0 Å². The van der Waals surface area contributed by atoms with Gasteiger partial charge in [-0.25, -0.2) is 0 Å². The molecule has 0 aliphatic rings. The van der Waals surface area contributed by atoms with Crippen LogP contribution in [0.1, 0.15) is 11.1 Å². The Hall–Kier alpha value is -7.26. The second-order valence-corrected chi connectivity index (χ2v) is 12.9. The second kappa shape index (κ2) is 14.3. The zero-order chi connectivity index (χ0) is 35.3. The SMILES string of the molecule is N#Cc1cccc(-c2cccc(-c3ccc(-c4cccc(-c5cc(C#N)cc(-c6cccc(-c7ccc(-c8ccccc8)cc7)c6)c5)c4)cc3)c2)c1. The van der Waals surface area contributed by atoms with Gasteiger partial charge in [-0.3, -0.25) is 0 Å². The van der Waals surface area contributed by atoms with E-state index in [1.807, 2.05) is 42.5 Å². The first kappa shape index (κ1) is 32.0. The van der Waals surface area contributed by atoms with Crippen molar-refractivity contribution in [2.75, 3.05) is 0 Å². The number of benzene rings is 8. The Morgan fingerprint density at radius 2 is 0.481 bits per heavy atom. The van der Waals surface area contributed by atoms with Gasteiger partial charge in [0.25, 0.3) is 0 Å². The average molecular weight is 661 g/mol. The number of hydrogen-bond donors (Lipinski definition) is 0. The zero-order valence-electron chi connectivity index (χ0n) is 28.4. The molecular formula is C50H32N2. The van der Waals surface area contributed by atoms with E-state index < -0.39 is 0 Å². The summed E-state index contributed by atoms with van der Waals surface area (Å²) in [5, 5.41) is 19.4. The van der Waals surface area contributed by atoms with Gasteiger partial charge in [0.05, 0.1) is 23.3 Å². The summed E-state index contributed by atoms with van der Waals surface area (Å²) in [5.41, 5.74) is 16.7. The highest BCUT2D eigenvalue weighted by Crippen LogP contribution is 2.34. The van der Waals surface area contributed by atoms with Crippen molar-refractivity contribution < 1.29 is 0 Å². The summed E-state index contributed by atoms with van der Waals surface area (Å²) in [6.07, 6.45) is 0. The van der Waals surface area contributed by atoms with Crippen LogP contribution >= 0.6 is 0 Å². The summed E-state index contributed by atoms with van der Waals surface area (Å²) < 4.78 is 0. The van der Waals surface area contributed by atoms with Gasteiger partial charge in [0.15, 0.2) is 0 Å². The Bertz CT molecular complexity index is 2620. The van der Waals surface area contributed by atoms with Gasteiger partial charge in [-0.05, 0) is 126 Å². The van der Waals surface area contributed by atoms with Gasteiger partial charge < -0.3 is 0 Å². The van der Waals surface area contributed by atoms with Crippen molar-refractivity contribution in [1.82, 2.24) is 0 Å². The van der Waals surface area contributed by atoms with E-state index in [2.05, 4.69) is 164 Å². The van der Waals surface area contributed by atoms with Crippen LogP contribution in [0.5, 0.6) is 0 Å². The van der Waals surface area contributed by atoms with Crippen LogP contribution in [0.4, 0.5) is 0 Å². The van der Waals surface area contributed by atoms with Crippen molar-refractivity contribution in [2.45, 2.75) is 0 Å². The molecule has 0 aromatic heterocycles. The summed E-state index contributed by atoms with van der Waals surface area (Å²) in [6.45, 7) is 0. The molecule has 0 N–H and O–H groups in total. The third-order valence-electron chi connectivity index (χ3n) is 9.52. The Morgan fingerprint density at radius 1 is 0.212 bits per heavy atom. The van der Waals surface area contributed by atoms with Crippen molar-refractivity contribution >= 4 is 0 Å². The molecule has 0 atom stereocenters. The van der Waals surface area contributed by atoms with Gasteiger partial charge in [0, 0.05) is 0 Å². The average Bonchev–Trinajstić information content (AvgIpc) is 3.24. The lowest BCUT2D eigenvalue weighted by molar-refractivity contribution is 1.48. The molecule has 0 saturated carbocycles. The molecule has 0 aliphatic carbocycles. The second-order valence-electron chi connectivity index (χ2n) is 12.9. The molecule has 0 aliphatic heterocycles. The summed E-state index contributed by atoms with van der Waals surface area (Å²) in [4.78, 5) is 0. The molecule has 0 fully saturated rings. The van der Waals surface area contributed by atoms with Gasteiger partial charge in [-0.2, -0.15) is 10.5 Å². The molecule has 0 radical (unpaired) electrons. The highest BCUT2D eigenvalue weighted by Gasteiger charge is 2.10. The number of hydrogen-bond acceptors (Lipinski definition) is 2. The smallest absolute Gasteiger partial charge is 0.0992 e. The highest BCUT2D eigenvalue weighted by atomic mass is 14.2. The predicted molar refractivity (Wildman–Crippen MR) is 214 cm³/mol. The van der Waals surface area contributed by atoms with Crippen molar-refractivity contribution in [3.05, 3.63) is 205 Å². The zero-order valence-corrected chi connectivity index (χ0v) is 28.4. The highest BCUT2D eigenvalue weighted by molar-refractivity contribution is 5.82. The fourth-order valence-corrected chi connectivity index (χ4v) is 6.77. The lowest BCUT2D eigenvalue weighted by Gasteiger charge is -2.12. The molecule has 0 spiro atoms. The van der Waals surface area contributed by atoms with E-state index in [0.29, 0.717) is 11.1 Å². The Kier molecular flexibility index (Phi) is 8.80. The molecule has 8 aromatic carbocycles. The fraction of sp³-hybridized carbons (Fsp3) is 0. The van der Waals surface area contributed by atoms with E-state index in [0.717, 1.165) is 66.8 Å². The molecule has 242 valence electrons. The largest absolute Gasteiger partial charge is 0.192 e. The first-order chi connectivity index (χ1) is 25.6. The third kappa shape index (κ3) is 6.79. The molecule has 8 rings (SSSR count). The normalized spacial score (nSPS) is 10.7. The van der Waals surface area contributed by atoms with E-state index in [1.165, 1.54) is 11.1 Å². The van der Waals surface area contributed by atoms with Gasteiger partial charge >= 0.3 is 0 Å². The predicted octanol–water partition coefficient (Wildman–Crippen LogP) is 13.1. The van der Waals surface area contributed by atoms with Gasteiger partial charge in [-0.15, -0.1) is 0 Å². The van der Waals surface area contributed by atoms with Gasteiger partial charge in [0.2, 0.25) is 0 Å². The molecule has 2 nitrogen and oxygen atoms in total. The van der Waals surface area contributed by atoms with E-state index in [1.54, 1.807) is 0 Å². The monoisotopic (exact) mass is 660 g/mol. The summed E-state index contributed by atoms with van der Waals surface area (Å²) in [5.74, 6) is 0. The number of nitriles is 2. The summed E-state index contributed by atoms with van der Waals surface area (Å²) in [7, 11) is 0. The van der Waals surface area contributed by atoms with Crippen molar-refractivity contribution in [2.24, 2.45) is 0 Å². The van der Waals surface area contributed by atoms with Crippen LogP contribution in [0.15, 0.2) is 194 Å². The molecular weight excluding hydrogens is 629 g/mol. The van der Waals surface area contributed by atoms with E-state index in [-0.39, 0.29) is 0 Å². The number of rotatable bonds is 7. The standard InChI is InChI=1S/C50H32N2/c51-33-35-8-4-11-42(26-35)46-15-5-12-43(29-46)40-22-24-41(25-23-40)45-14-7-17-48(31-45)50-28-36(34-52)27-49(32-50)47-16-6-13-44(30-47)39-20-18-38(19-21-39)37-9-2-1-3-10-37/h1-32H. The van der Waals surface area contributed by atoms with E-state index >= 15 is 0 Å². The molecule has 52 heavy (non-hydrogen) atoms. The quantitative estimate of drug-likeness (QED) is 0.171. The van der Waals surface area contributed by atoms with Gasteiger partial charge in [-0.1, -0.05) is 146 Å². The molecule has 0 bridgehead atoms. The number of nitrogens with zero attached hydrogens (tertiary/aromatic N) is 2. The maximum absolute atomic E-state index is 10.0. The Balaban J connectivity index is 1.06. The molecule has 0 saturated heterocycles. The minimum atomic E-state index is 0.626. The molecule has 0 amide bonds. The van der Waals surface area contributed by atoms with Crippen LogP contribution in [0.25, 0.3) is 77.9 Å². The van der Waals surface area contributed by atoms with E-state index in [4.69, 9.17) is 0 Å². The van der Waals surface area contributed by atoms with Crippen molar-refractivity contribution in [1.29, 1.82) is 10.5 Å². The molecule has 8 aromatic rings. The van der Waals surface area contributed by atoms with E-state index in [9.17, 15) is 10.5 Å². The van der Waals surface area contributed by atoms with Crippen LogP contribution < -0.4 is 0 Å². The molecule has 2 heteroatoms. The Labute approximate surface area is 304 Å². The van der Waals surface area contributed by atoms with Crippen molar-refractivity contribution in [3.8, 4) is 90.0 Å². The molecule has 0 unspecified atom stereocenters. The minimum absolute atomic E-state index is 0.626. The van der Waals surface area contributed by atoms with Crippen LogP contribution in [0, 0.1) is 22.7 Å². The third-order valence-corrected chi connectivity index (χ3v) is 9.52. The summed E-state index contributed by atoms with van der Waals surface area (Å²) in [6, 6.07) is 71.6. The van der Waals surface area contributed by atoms with Gasteiger partial charge in [0.1, 0.15) is 0 Å². The topological polar surface area (TPSA) is 47.6 Å². The van der Waals surface area contributed by atoms with Crippen LogP contribution in [-0.2, 0) is 0 Å². The first-order valence-electron chi connectivity index (χ1n) is 17.3. The summed E-state index contributed by atoms with van der Waals surface area (Å²) >= 11 is 0. The maximum atomic E-state index is 10.0. The molecule has 0 heterocycles. The lowest BCUT2D eigenvalue weighted by atomic mass is 9.92. The van der Waals surface area contributed by atoms with Crippen LogP contribution in [0.3, 0.4) is 0 Å². The maximum Gasteiger partial charge on any atom is 0.0992 e.